The first-order valence-corrected chi connectivity index (χ1v) is 7.87. The number of methoxy groups -OCH3 is 2. The van der Waals surface area contributed by atoms with E-state index in [-0.39, 0.29) is 18.0 Å². The molecule has 0 aliphatic rings. The van der Waals surface area contributed by atoms with Gasteiger partial charge >= 0.3 is 0 Å². The van der Waals surface area contributed by atoms with E-state index in [1.54, 1.807) is 26.4 Å². The molecule has 1 amide bonds. The Bertz CT molecular complexity index is 580. The van der Waals surface area contributed by atoms with Crippen LogP contribution in [0.5, 0.6) is 11.5 Å². The summed E-state index contributed by atoms with van der Waals surface area (Å²) in [5.74, 6) is 1.65. The van der Waals surface area contributed by atoms with Crippen molar-refractivity contribution in [2.75, 3.05) is 32.6 Å². The van der Waals surface area contributed by atoms with Gasteiger partial charge in [0, 0.05) is 23.8 Å². The summed E-state index contributed by atoms with van der Waals surface area (Å²) in [4.78, 5) is 16.2. The summed E-state index contributed by atoms with van der Waals surface area (Å²) in [6, 6.07) is 5.46. The number of rotatable bonds is 6. The second-order valence-electron chi connectivity index (χ2n) is 6.19. The maximum Gasteiger partial charge on any atom is 0.242 e. The molecule has 0 saturated carbocycles. The van der Waals surface area contributed by atoms with Gasteiger partial charge in [-0.05, 0) is 39.8 Å². The van der Waals surface area contributed by atoms with E-state index in [9.17, 15) is 4.79 Å². The average molecular weight is 336 g/mol. The predicted octanol–water partition coefficient (Wildman–Crippen LogP) is 2.00. The summed E-state index contributed by atoms with van der Waals surface area (Å²) >= 11 is 0. The lowest BCUT2D eigenvalue weighted by molar-refractivity contribution is -0.121. The molecule has 0 spiro atoms. The number of aliphatic imine (C=N–C) groups is 1. The van der Waals surface area contributed by atoms with Gasteiger partial charge < -0.3 is 25.4 Å². The lowest BCUT2D eigenvalue weighted by atomic mass is 10.1. The fraction of sp³-hybridized carbons (Fsp3) is 0.529. The van der Waals surface area contributed by atoms with Crippen molar-refractivity contribution in [2.24, 2.45) is 4.99 Å². The summed E-state index contributed by atoms with van der Waals surface area (Å²) in [5, 5.41) is 9.13. The van der Waals surface area contributed by atoms with Crippen molar-refractivity contribution in [1.82, 2.24) is 10.6 Å². The average Bonchev–Trinajstić information content (AvgIpc) is 2.51. The fourth-order valence-electron chi connectivity index (χ4n) is 1.97. The molecule has 3 N–H and O–H groups in total. The van der Waals surface area contributed by atoms with Crippen molar-refractivity contribution < 1.29 is 14.3 Å². The maximum atomic E-state index is 11.9. The van der Waals surface area contributed by atoms with Crippen molar-refractivity contribution in [3.63, 3.8) is 0 Å². The van der Waals surface area contributed by atoms with E-state index in [1.807, 2.05) is 33.8 Å². The molecule has 0 heterocycles. The predicted molar refractivity (Wildman–Crippen MR) is 97.0 cm³/mol. The Morgan fingerprint density at radius 3 is 2.38 bits per heavy atom. The highest BCUT2D eigenvalue weighted by Crippen LogP contribution is 2.29. The minimum atomic E-state index is -0.276. The number of carbonyl (C=O) groups excluding carboxylic acids is 1. The number of nitrogens with zero attached hydrogens (tertiary/aromatic N) is 1. The number of ether oxygens (including phenoxy) is 2. The van der Waals surface area contributed by atoms with E-state index < -0.39 is 0 Å². The zero-order valence-electron chi connectivity index (χ0n) is 15.3. The van der Waals surface area contributed by atoms with Crippen LogP contribution in [-0.2, 0) is 4.79 Å². The largest absolute Gasteiger partial charge is 0.493 e. The highest BCUT2D eigenvalue weighted by Gasteiger charge is 2.13. The molecule has 0 unspecified atom stereocenters. The van der Waals surface area contributed by atoms with Gasteiger partial charge in [0.2, 0.25) is 5.91 Å². The number of hydrogen-bond acceptors (Lipinski definition) is 4. The monoisotopic (exact) mass is 336 g/mol. The normalized spacial score (nSPS) is 11.7. The van der Waals surface area contributed by atoms with Gasteiger partial charge in [-0.1, -0.05) is 0 Å². The van der Waals surface area contributed by atoms with E-state index >= 15 is 0 Å². The van der Waals surface area contributed by atoms with Crippen LogP contribution in [0, 0.1) is 0 Å². The van der Waals surface area contributed by atoms with Crippen molar-refractivity contribution in [2.45, 2.75) is 33.2 Å². The Hall–Kier alpha value is -2.44. The van der Waals surface area contributed by atoms with Crippen LogP contribution in [-0.4, -0.2) is 44.7 Å². The number of amides is 1. The van der Waals surface area contributed by atoms with Gasteiger partial charge in [0.15, 0.2) is 17.5 Å². The van der Waals surface area contributed by atoms with Crippen LogP contribution < -0.4 is 25.4 Å². The van der Waals surface area contributed by atoms with E-state index in [0.29, 0.717) is 24.0 Å². The lowest BCUT2D eigenvalue weighted by Gasteiger charge is -2.20. The molecule has 1 aromatic carbocycles. The quantitative estimate of drug-likeness (QED) is 0.546. The maximum absolute atomic E-state index is 11.9. The summed E-state index contributed by atoms with van der Waals surface area (Å²) < 4.78 is 10.5. The van der Waals surface area contributed by atoms with Crippen LogP contribution in [0.25, 0.3) is 0 Å². The van der Waals surface area contributed by atoms with Crippen LogP contribution in [0.15, 0.2) is 23.2 Å². The third-order valence-electron chi connectivity index (χ3n) is 2.89. The standard InChI is InChI=1S/C17H28N4O3/c1-7-18-16(19-11-15(22)21-17(2,3)4)20-12-8-9-13(23-5)14(10-12)24-6/h8-10H,7,11H2,1-6H3,(H,21,22)(H2,18,19,20). The molecule has 7 heteroatoms. The van der Waals surface area contributed by atoms with Gasteiger partial charge in [0.25, 0.3) is 0 Å². The minimum Gasteiger partial charge on any atom is -0.493 e. The molecular formula is C17H28N4O3. The third-order valence-corrected chi connectivity index (χ3v) is 2.89. The summed E-state index contributed by atoms with van der Waals surface area (Å²) in [7, 11) is 3.17. The Balaban J connectivity index is 2.82. The summed E-state index contributed by atoms with van der Waals surface area (Å²) in [6.07, 6.45) is 0. The number of hydrogen-bond donors (Lipinski definition) is 3. The SMILES string of the molecule is CCNC(=NCC(=O)NC(C)(C)C)Nc1ccc(OC)c(OC)c1. The van der Waals surface area contributed by atoms with Gasteiger partial charge in [-0.25, -0.2) is 4.99 Å². The van der Waals surface area contributed by atoms with E-state index in [0.717, 1.165) is 5.69 Å². The van der Waals surface area contributed by atoms with Crippen molar-refractivity contribution in [3.8, 4) is 11.5 Å². The third kappa shape index (κ3) is 6.76. The Morgan fingerprint density at radius 2 is 1.83 bits per heavy atom. The minimum absolute atomic E-state index is 0.0416. The van der Waals surface area contributed by atoms with Crippen molar-refractivity contribution >= 4 is 17.6 Å². The molecule has 0 aliphatic carbocycles. The summed E-state index contributed by atoms with van der Waals surface area (Å²) in [5.41, 5.74) is 0.505. The smallest absolute Gasteiger partial charge is 0.242 e. The second kappa shape index (κ2) is 9.00. The highest BCUT2D eigenvalue weighted by atomic mass is 16.5. The van der Waals surface area contributed by atoms with Gasteiger partial charge in [0.05, 0.1) is 14.2 Å². The van der Waals surface area contributed by atoms with Gasteiger partial charge in [-0.3, -0.25) is 4.79 Å². The first-order chi connectivity index (χ1) is 11.3. The molecule has 0 aromatic heterocycles. The molecule has 24 heavy (non-hydrogen) atoms. The molecule has 7 nitrogen and oxygen atoms in total. The number of carbonyl (C=O) groups is 1. The fourth-order valence-corrected chi connectivity index (χ4v) is 1.97. The zero-order valence-corrected chi connectivity index (χ0v) is 15.3. The summed E-state index contributed by atoms with van der Waals surface area (Å²) in [6.45, 7) is 8.48. The zero-order chi connectivity index (χ0) is 18.2. The van der Waals surface area contributed by atoms with E-state index in [4.69, 9.17) is 9.47 Å². The highest BCUT2D eigenvalue weighted by molar-refractivity contribution is 5.95. The van der Waals surface area contributed by atoms with Crippen molar-refractivity contribution in [1.29, 1.82) is 0 Å². The molecule has 134 valence electrons. The van der Waals surface area contributed by atoms with Gasteiger partial charge in [-0.2, -0.15) is 0 Å². The molecule has 0 radical (unpaired) electrons. The Labute approximate surface area is 143 Å². The number of anilines is 1. The molecule has 0 atom stereocenters. The number of nitrogens with one attached hydrogen (secondary N) is 3. The molecule has 1 aromatic rings. The van der Waals surface area contributed by atoms with Crippen LogP contribution in [0.3, 0.4) is 0 Å². The van der Waals surface area contributed by atoms with Crippen LogP contribution in [0.4, 0.5) is 5.69 Å². The van der Waals surface area contributed by atoms with Gasteiger partial charge in [-0.15, -0.1) is 0 Å². The van der Waals surface area contributed by atoms with E-state index in [2.05, 4.69) is 20.9 Å². The molecule has 0 saturated heterocycles. The van der Waals surface area contributed by atoms with Gasteiger partial charge in [0.1, 0.15) is 6.54 Å². The number of guanidine groups is 1. The Kier molecular flexibility index (Phi) is 7.35. The van der Waals surface area contributed by atoms with Crippen LogP contribution in [0.2, 0.25) is 0 Å². The molecule has 0 fully saturated rings. The second-order valence-corrected chi connectivity index (χ2v) is 6.19. The van der Waals surface area contributed by atoms with Crippen LogP contribution in [0.1, 0.15) is 27.7 Å². The Morgan fingerprint density at radius 1 is 1.17 bits per heavy atom. The van der Waals surface area contributed by atoms with Crippen LogP contribution >= 0.6 is 0 Å². The lowest BCUT2D eigenvalue weighted by Crippen LogP contribution is -2.42. The topological polar surface area (TPSA) is 84.0 Å². The van der Waals surface area contributed by atoms with E-state index in [1.165, 1.54) is 0 Å². The molecule has 1 rings (SSSR count). The number of benzene rings is 1. The molecule has 0 aliphatic heterocycles. The first-order valence-electron chi connectivity index (χ1n) is 7.87. The first kappa shape index (κ1) is 19.6. The molecule has 0 bridgehead atoms. The molecular weight excluding hydrogens is 308 g/mol. The van der Waals surface area contributed by atoms with Crippen molar-refractivity contribution in [3.05, 3.63) is 18.2 Å².